The van der Waals surface area contributed by atoms with Crippen molar-refractivity contribution >= 4 is 6.29 Å². The van der Waals surface area contributed by atoms with Crippen molar-refractivity contribution in [2.75, 3.05) is 6.52 Å². The van der Waals surface area contributed by atoms with Crippen LogP contribution in [0.1, 0.15) is 1.37 Å². The molecule has 0 rings (SSSR count). The van der Waals surface area contributed by atoms with Gasteiger partial charge < -0.3 is 10.5 Å². The van der Waals surface area contributed by atoms with Crippen LogP contribution in [0.3, 0.4) is 0 Å². The second-order valence-corrected chi connectivity index (χ2v) is 0.329. The van der Waals surface area contributed by atoms with Gasteiger partial charge in [-0.25, -0.2) is 0 Å². The standard InChI is InChI=1S/C2H5NO/c3-1-2-4/h2H,1,3H2/i1D. The summed E-state index contributed by atoms with van der Waals surface area (Å²) in [5.41, 5.74) is 4.59. The molecule has 0 saturated carbocycles. The van der Waals surface area contributed by atoms with Crippen molar-refractivity contribution in [1.29, 1.82) is 0 Å². The molecule has 0 bridgehead atoms. The van der Waals surface area contributed by atoms with Gasteiger partial charge in [-0.15, -0.1) is 0 Å². The third-order valence-corrected chi connectivity index (χ3v) is 0.0786. The smallest absolute Gasteiger partial charge is 0.133 e. The Labute approximate surface area is 26.0 Å². The minimum atomic E-state index is -1.05. The first-order valence-corrected chi connectivity index (χ1v) is 0.902. The number of aldehydes is 1. The Hall–Kier alpha value is -0.370. The summed E-state index contributed by atoms with van der Waals surface area (Å²) in [7, 11) is 0. The minimum absolute atomic E-state index is 0.361. The topological polar surface area (TPSA) is 43.1 Å². The van der Waals surface area contributed by atoms with E-state index in [0.29, 0.717) is 6.29 Å². The van der Waals surface area contributed by atoms with Gasteiger partial charge in [0, 0.05) is 6.52 Å². The van der Waals surface area contributed by atoms with E-state index in [2.05, 4.69) is 5.73 Å². The Morgan fingerprint density at radius 3 is 2.75 bits per heavy atom. The van der Waals surface area contributed by atoms with Gasteiger partial charge in [0.05, 0.1) is 1.37 Å². The highest BCUT2D eigenvalue weighted by atomic mass is 16.1. The zero-order chi connectivity index (χ0) is 4.28. The maximum absolute atomic E-state index is 9.19. The molecule has 0 fully saturated rings. The molecule has 1 atom stereocenters. The quantitative estimate of drug-likeness (QED) is 0.400. The minimum Gasteiger partial charge on any atom is -0.324 e. The fraction of sp³-hybridized carbons (Fsp3) is 0.500. The van der Waals surface area contributed by atoms with Crippen molar-refractivity contribution in [2.45, 2.75) is 0 Å². The molecule has 2 heteroatoms. The van der Waals surface area contributed by atoms with Crippen LogP contribution >= 0.6 is 0 Å². The Bertz CT molecular complexity index is 36.6. The van der Waals surface area contributed by atoms with E-state index in [1.165, 1.54) is 0 Å². The van der Waals surface area contributed by atoms with Gasteiger partial charge in [-0.3, -0.25) is 0 Å². The normalized spacial score (nSPS) is 17.8. The van der Waals surface area contributed by atoms with Crippen molar-refractivity contribution in [3.8, 4) is 0 Å². The first-order valence-electron chi connectivity index (χ1n) is 1.48. The van der Waals surface area contributed by atoms with Crippen molar-refractivity contribution in [1.82, 2.24) is 0 Å². The van der Waals surface area contributed by atoms with Crippen molar-refractivity contribution in [3.63, 3.8) is 0 Å². The number of carbonyl (C=O) groups excluding carboxylic acids is 1. The molecule has 0 radical (unpaired) electrons. The van der Waals surface area contributed by atoms with Crippen LogP contribution in [0.4, 0.5) is 0 Å². The van der Waals surface area contributed by atoms with E-state index in [1.807, 2.05) is 0 Å². The second kappa shape index (κ2) is 2.63. The molecule has 0 aliphatic heterocycles. The maximum atomic E-state index is 9.19. The zero-order valence-corrected chi connectivity index (χ0v) is 2.14. The zero-order valence-electron chi connectivity index (χ0n) is 3.14. The van der Waals surface area contributed by atoms with E-state index < -0.39 is 6.52 Å². The summed E-state index contributed by atoms with van der Waals surface area (Å²) in [6, 6.07) is 0. The molecular weight excluding hydrogens is 54.0 g/mol. The lowest BCUT2D eigenvalue weighted by atomic mass is 10.8. The Balaban J connectivity index is 2.83. The first kappa shape index (κ1) is 1.91. The van der Waals surface area contributed by atoms with Gasteiger partial charge in [-0.2, -0.15) is 0 Å². The van der Waals surface area contributed by atoms with Crippen LogP contribution in [0.25, 0.3) is 0 Å². The Kier molecular flexibility index (Phi) is 1.25. The third-order valence-electron chi connectivity index (χ3n) is 0.0786. The van der Waals surface area contributed by atoms with E-state index in [1.54, 1.807) is 0 Å². The highest BCUT2D eigenvalue weighted by Crippen LogP contribution is 1.18. The van der Waals surface area contributed by atoms with Crippen LogP contribution in [0.2, 0.25) is 0 Å². The molecule has 0 aliphatic carbocycles. The summed E-state index contributed by atoms with van der Waals surface area (Å²) in [5.74, 6) is 0. The van der Waals surface area contributed by atoms with Gasteiger partial charge in [0.25, 0.3) is 0 Å². The number of hydrogen-bond acceptors (Lipinski definition) is 2. The molecule has 4 heavy (non-hydrogen) atoms. The molecular formula is C2H5NO. The molecule has 0 aromatic carbocycles. The van der Waals surface area contributed by atoms with Gasteiger partial charge in [-0.1, -0.05) is 0 Å². The Morgan fingerprint density at radius 2 is 2.75 bits per heavy atom. The molecule has 0 heterocycles. The molecule has 2 nitrogen and oxygen atoms in total. The van der Waals surface area contributed by atoms with Crippen LogP contribution in [0.15, 0.2) is 0 Å². The summed E-state index contributed by atoms with van der Waals surface area (Å²) >= 11 is 0. The van der Waals surface area contributed by atoms with Crippen LogP contribution in [-0.2, 0) is 4.79 Å². The first-order chi connectivity index (χ1) is 2.27. The third kappa shape index (κ3) is 1.63. The molecule has 1 unspecified atom stereocenters. The fourth-order valence-corrected chi connectivity index (χ4v) is 0. The van der Waals surface area contributed by atoms with Crippen molar-refractivity contribution in [2.24, 2.45) is 5.73 Å². The molecule has 0 amide bonds. The lowest BCUT2D eigenvalue weighted by Crippen LogP contribution is -1.97. The van der Waals surface area contributed by atoms with Gasteiger partial charge in [0.15, 0.2) is 0 Å². The summed E-state index contributed by atoms with van der Waals surface area (Å²) < 4.78 is 6.24. The van der Waals surface area contributed by atoms with Crippen molar-refractivity contribution in [3.05, 3.63) is 0 Å². The van der Waals surface area contributed by atoms with E-state index in [0.717, 1.165) is 0 Å². The molecule has 0 aliphatic rings. The monoisotopic (exact) mass is 60.0 g/mol. The van der Waals surface area contributed by atoms with Crippen molar-refractivity contribution < 1.29 is 6.17 Å². The summed E-state index contributed by atoms with van der Waals surface area (Å²) in [4.78, 5) is 9.19. The van der Waals surface area contributed by atoms with E-state index in [4.69, 9.17) is 1.37 Å². The molecule has 0 aromatic heterocycles. The highest BCUT2D eigenvalue weighted by molar-refractivity contribution is 5.51. The summed E-state index contributed by atoms with van der Waals surface area (Å²) in [6.45, 7) is -1.05. The van der Waals surface area contributed by atoms with E-state index in [9.17, 15) is 4.79 Å². The fourth-order valence-electron chi connectivity index (χ4n) is 0. The predicted octanol–water partition coefficient (Wildman–Crippen LogP) is -0.856. The number of nitrogens with two attached hydrogens (primary N) is 1. The van der Waals surface area contributed by atoms with Crippen LogP contribution in [0, 0.1) is 0 Å². The average molecular weight is 60.1 g/mol. The van der Waals surface area contributed by atoms with Gasteiger partial charge in [0.1, 0.15) is 6.29 Å². The maximum Gasteiger partial charge on any atom is 0.133 e. The number of hydrogen-bond donors (Lipinski definition) is 1. The lowest BCUT2D eigenvalue weighted by Gasteiger charge is -1.55. The number of carbonyl (C=O) groups is 1. The summed E-state index contributed by atoms with van der Waals surface area (Å²) in [5, 5.41) is 0. The largest absolute Gasteiger partial charge is 0.324 e. The predicted molar refractivity (Wildman–Crippen MR) is 15.1 cm³/mol. The van der Waals surface area contributed by atoms with Gasteiger partial charge >= 0.3 is 0 Å². The van der Waals surface area contributed by atoms with Gasteiger partial charge in [0.2, 0.25) is 0 Å². The van der Waals surface area contributed by atoms with Crippen LogP contribution in [-0.4, -0.2) is 12.8 Å². The molecule has 2 N–H and O–H groups in total. The molecule has 0 spiro atoms. The molecule has 0 aromatic rings. The summed E-state index contributed by atoms with van der Waals surface area (Å²) in [6.07, 6.45) is 0.361. The second-order valence-electron chi connectivity index (χ2n) is 0.329. The number of rotatable bonds is 1. The molecule has 24 valence electrons. The average Bonchev–Trinajstić information content (AvgIpc) is 1.38. The van der Waals surface area contributed by atoms with Crippen LogP contribution < -0.4 is 5.73 Å². The van der Waals surface area contributed by atoms with Crippen LogP contribution in [0.5, 0.6) is 0 Å². The van der Waals surface area contributed by atoms with E-state index in [-0.39, 0.29) is 0 Å². The van der Waals surface area contributed by atoms with E-state index >= 15 is 0 Å². The highest BCUT2D eigenvalue weighted by Gasteiger charge is 1.51. The molecule has 0 saturated heterocycles. The Morgan fingerprint density at radius 1 is 2.50 bits per heavy atom. The lowest BCUT2D eigenvalue weighted by molar-refractivity contribution is -0.106. The SMILES string of the molecule is [2H]C(N)C=O. The van der Waals surface area contributed by atoms with Gasteiger partial charge in [-0.05, 0) is 0 Å².